The average molecular weight is 376 g/mol. The lowest BCUT2D eigenvalue weighted by atomic mass is 9.92. The molecule has 3 heteroatoms. The van der Waals surface area contributed by atoms with Gasteiger partial charge in [-0.15, -0.1) is 0 Å². The highest BCUT2D eigenvalue weighted by molar-refractivity contribution is 5.90. The van der Waals surface area contributed by atoms with Crippen molar-refractivity contribution in [2.24, 2.45) is 0 Å². The van der Waals surface area contributed by atoms with Crippen molar-refractivity contribution in [1.82, 2.24) is 0 Å². The molecule has 0 N–H and O–H groups in total. The van der Waals surface area contributed by atoms with Crippen LogP contribution in [0.1, 0.15) is 42.6 Å². The van der Waals surface area contributed by atoms with E-state index in [0.29, 0.717) is 17.7 Å². The first-order valence-corrected chi connectivity index (χ1v) is 9.79. The molecule has 0 aromatic heterocycles. The number of carbonyl (C=O) groups is 1. The van der Waals surface area contributed by atoms with Gasteiger partial charge in [-0.2, -0.15) is 0 Å². The predicted molar refractivity (Wildman–Crippen MR) is 112 cm³/mol. The Morgan fingerprint density at radius 1 is 0.893 bits per heavy atom. The molecule has 0 saturated carbocycles. The molecule has 0 aliphatic heterocycles. The maximum Gasteiger partial charge on any atom is 0.338 e. The van der Waals surface area contributed by atoms with Crippen molar-refractivity contribution in [2.45, 2.75) is 33.1 Å². The molecular weight excluding hydrogens is 351 g/mol. The van der Waals surface area contributed by atoms with E-state index < -0.39 is 0 Å². The maximum atomic E-state index is 15.0. The van der Waals surface area contributed by atoms with Crippen molar-refractivity contribution < 1.29 is 13.9 Å². The third-order valence-electron chi connectivity index (χ3n) is 4.78. The molecule has 0 radical (unpaired) electrons. The molecule has 0 saturated heterocycles. The zero-order valence-electron chi connectivity index (χ0n) is 16.4. The van der Waals surface area contributed by atoms with Crippen molar-refractivity contribution >= 4 is 5.97 Å². The van der Waals surface area contributed by atoms with E-state index in [9.17, 15) is 4.79 Å². The van der Waals surface area contributed by atoms with Crippen LogP contribution < -0.4 is 0 Å². The second-order valence-corrected chi connectivity index (χ2v) is 6.76. The lowest BCUT2D eigenvalue weighted by Crippen LogP contribution is -2.06. The van der Waals surface area contributed by atoms with Crippen LogP contribution >= 0.6 is 0 Å². The summed E-state index contributed by atoms with van der Waals surface area (Å²) in [6, 6.07) is 20.5. The van der Waals surface area contributed by atoms with E-state index in [2.05, 4.69) is 6.92 Å². The Kier molecular flexibility index (Phi) is 6.59. The van der Waals surface area contributed by atoms with Crippen molar-refractivity contribution in [2.75, 3.05) is 6.61 Å². The van der Waals surface area contributed by atoms with E-state index in [1.807, 2.05) is 54.6 Å². The number of ether oxygens (including phenoxy) is 1. The van der Waals surface area contributed by atoms with Crippen LogP contribution in [0.25, 0.3) is 22.3 Å². The molecule has 0 aliphatic carbocycles. The van der Waals surface area contributed by atoms with Crippen LogP contribution in [0.2, 0.25) is 0 Å². The number of unbranched alkanes of at least 4 members (excludes halogenated alkanes) is 1. The maximum absolute atomic E-state index is 15.0. The summed E-state index contributed by atoms with van der Waals surface area (Å²) >= 11 is 0. The lowest BCUT2D eigenvalue weighted by molar-refractivity contribution is 0.0526. The van der Waals surface area contributed by atoms with Crippen molar-refractivity contribution in [3.05, 3.63) is 83.7 Å². The minimum absolute atomic E-state index is 0.261. The third kappa shape index (κ3) is 4.48. The first kappa shape index (κ1) is 19.8. The van der Waals surface area contributed by atoms with E-state index in [1.54, 1.807) is 19.1 Å². The minimum Gasteiger partial charge on any atom is -0.462 e. The normalized spacial score (nSPS) is 10.7. The summed E-state index contributed by atoms with van der Waals surface area (Å²) in [5.41, 5.74) is 4.70. The Bertz CT molecular complexity index is 948. The topological polar surface area (TPSA) is 26.3 Å². The summed E-state index contributed by atoms with van der Waals surface area (Å²) in [5, 5.41) is 0. The zero-order chi connectivity index (χ0) is 19.9. The van der Waals surface area contributed by atoms with Crippen LogP contribution in [-0.2, 0) is 11.2 Å². The first-order valence-electron chi connectivity index (χ1n) is 9.79. The molecule has 0 fully saturated rings. The monoisotopic (exact) mass is 376 g/mol. The third-order valence-corrected chi connectivity index (χ3v) is 4.78. The summed E-state index contributed by atoms with van der Waals surface area (Å²) in [6.45, 7) is 4.23. The Labute approximate surface area is 166 Å². The van der Waals surface area contributed by atoms with Gasteiger partial charge in [-0.3, -0.25) is 0 Å². The van der Waals surface area contributed by atoms with Crippen LogP contribution in [0, 0.1) is 5.82 Å². The quantitative estimate of drug-likeness (QED) is 0.430. The summed E-state index contributed by atoms with van der Waals surface area (Å²) in [4.78, 5) is 12.1. The number of rotatable bonds is 7. The number of carbonyl (C=O) groups excluding carboxylic acids is 1. The smallest absolute Gasteiger partial charge is 0.338 e. The summed E-state index contributed by atoms with van der Waals surface area (Å²) < 4.78 is 20.1. The fourth-order valence-electron chi connectivity index (χ4n) is 3.32. The molecule has 2 nitrogen and oxygen atoms in total. The number of benzene rings is 3. The minimum atomic E-state index is -0.341. The van der Waals surface area contributed by atoms with Gasteiger partial charge in [-0.05, 0) is 60.2 Å². The van der Waals surface area contributed by atoms with Crippen molar-refractivity contribution in [3.8, 4) is 22.3 Å². The highest BCUT2D eigenvalue weighted by Gasteiger charge is 2.15. The van der Waals surface area contributed by atoms with E-state index in [4.69, 9.17) is 4.74 Å². The van der Waals surface area contributed by atoms with Gasteiger partial charge in [0.2, 0.25) is 0 Å². The van der Waals surface area contributed by atoms with Crippen LogP contribution in [-0.4, -0.2) is 12.6 Å². The van der Waals surface area contributed by atoms with Gasteiger partial charge >= 0.3 is 5.97 Å². The van der Waals surface area contributed by atoms with Crippen molar-refractivity contribution in [1.29, 1.82) is 0 Å². The van der Waals surface area contributed by atoms with Crippen LogP contribution in [0.4, 0.5) is 4.39 Å². The average Bonchev–Trinajstić information content (AvgIpc) is 2.73. The lowest BCUT2D eigenvalue weighted by Gasteiger charge is -2.13. The van der Waals surface area contributed by atoms with Gasteiger partial charge in [0, 0.05) is 5.56 Å². The second kappa shape index (κ2) is 9.32. The Hall–Kier alpha value is -2.94. The molecule has 3 aromatic rings. The second-order valence-electron chi connectivity index (χ2n) is 6.76. The van der Waals surface area contributed by atoms with Crippen molar-refractivity contribution in [3.63, 3.8) is 0 Å². The largest absolute Gasteiger partial charge is 0.462 e. The Morgan fingerprint density at radius 3 is 2.32 bits per heavy atom. The van der Waals surface area contributed by atoms with E-state index in [0.717, 1.165) is 41.5 Å². The Balaban J connectivity index is 2.00. The van der Waals surface area contributed by atoms with E-state index in [-0.39, 0.29) is 11.8 Å². The van der Waals surface area contributed by atoms with Crippen LogP contribution in [0.5, 0.6) is 0 Å². The number of esters is 1. The number of halogens is 1. The summed E-state index contributed by atoms with van der Waals surface area (Å²) in [7, 11) is 0. The van der Waals surface area contributed by atoms with Crippen LogP contribution in [0.15, 0.2) is 66.7 Å². The van der Waals surface area contributed by atoms with Gasteiger partial charge in [0.1, 0.15) is 5.82 Å². The number of aryl methyl sites for hydroxylation is 1. The predicted octanol–water partition coefficient (Wildman–Crippen LogP) is 6.68. The SMILES string of the molecule is CCCCc1cc(C(=O)OCC)ccc1-c1ccc(-c2ccccc2)cc1F. The molecule has 28 heavy (non-hydrogen) atoms. The molecule has 0 unspecified atom stereocenters. The number of hydrogen-bond acceptors (Lipinski definition) is 2. The fraction of sp³-hybridized carbons (Fsp3) is 0.240. The molecule has 0 atom stereocenters. The summed E-state index contributed by atoms with van der Waals surface area (Å²) in [5.74, 6) is -0.602. The highest BCUT2D eigenvalue weighted by atomic mass is 19.1. The molecule has 0 amide bonds. The van der Waals surface area contributed by atoms with Crippen LogP contribution in [0.3, 0.4) is 0 Å². The van der Waals surface area contributed by atoms with E-state index in [1.165, 1.54) is 0 Å². The molecule has 0 bridgehead atoms. The van der Waals surface area contributed by atoms with Gasteiger partial charge in [0.15, 0.2) is 0 Å². The first-order chi connectivity index (χ1) is 13.6. The van der Waals surface area contributed by atoms with Gasteiger partial charge in [-0.1, -0.05) is 61.9 Å². The standard InChI is InChI=1S/C25H25FO2/c1-3-5-9-20-16-21(25(27)28-4-2)13-14-22(20)23-15-12-19(17-24(23)26)18-10-7-6-8-11-18/h6-8,10-17H,3-5,9H2,1-2H3. The molecule has 0 spiro atoms. The summed E-state index contributed by atoms with van der Waals surface area (Å²) in [6.07, 6.45) is 2.79. The van der Waals surface area contributed by atoms with Gasteiger partial charge in [-0.25, -0.2) is 9.18 Å². The zero-order valence-corrected chi connectivity index (χ0v) is 16.4. The van der Waals surface area contributed by atoms with Gasteiger partial charge in [0.25, 0.3) is 0 Å². The molecule has 144 valence electrons. The molecular formula is C25H25FO2. The molecule has 0 aliphatic rings. The number of hydrogen-bond donors (Lipinski definition) is 0. The molecule has 3 aromatic carbocycles. The van der Waals surface area contributed by atoms with E-state index >= 15 is 4.39 Å². The Morgan fingerprint density at radius 2 is 1.64 bits per heavy atom. The highest BCUT2D eigenvalue weighted by Crippen LogP contribution is 2.31. The fourth-order valence-corrected chi connectivity index (χ4v) is 3.32. The molecule has 3 rings (SSSR count). The molecule has 0 heterocycles. The van der Waals surface area contributed by atoms with Gasteiger partial charge in [0.05, 0.1) is 12.2 Å². The van der Waals surface area contributed by atoms with Gasteiger partial charge < -0.3 is 4.74 Å².